The van der Waals surface area contributed by atoms with Crippen LogP contribution in [0.15, 0.2) is 48.8 Å². The lowest BCUT2D eigenvalue weighted by molar-refractivity contribution is 0.130. The van der Waals surface area contributed by atoms with Crippen molar-refractivity contribution in [1.29, 1.82) is 0 Å². The highest BCUT2D eigenvalue weighted by Gasteiger charge is 2.03. The van der Waals surface area contributed by atoms with Crippen molar-refractivity contribution in [3.8, 4) is 17.1 Å². The molecule has 2 aromatic rings. The number of unbranched alkanes of at least 4 members (excludes halogenated alkanes) is 8. The van der Waals surface area contributed by atoms with Crippen LogP contribution in [0.3, 0.4) is 0 Å². The van der Waals surface area contributed by atoms with E-state index in [2.05, 4.69) is 60.2 Å². The van der Waals surface area contributed by atoms with Gasteiger partial charge in [0.05, 0.1) is 19.0 Å². The van der Waals surface area contributed by atoms with E-state index in [1.807, 2.05) is 0 Å². The van der Waals surface area contributed by atoms with E-state index in [0.29, 0.717) is 6.61 Å². The number of aromatic nitrogens is 2. The number of ether oxygens (including phenoxy) is 2. The molecule has 4 heteroatoms. The largest absolute Gasteiger partial charge is 0.490 e. The topological polar surface area (TPSA) is 44.2 Å². The third-order valence-corrected chi connectivity index (χ3v) is 5.89. The fourth-order valence-corrected chi connectivity index (χ4v) is 3.84. The van der Waals surface area contributed by atoms with Crippen LogP contribution in [0.5, 0.6) is 5.75 Å². The normalized spacial score (nSPS) is 11.4. The van der Waals surface area contributed by atoms with Gasteiger partial charge in [0.1, 0.15) is 0 Å². The smallest absolute Gasteiger partial charge is 0.159 e. The zero-order chi connectivity index (χ0) is 24.1. The van der Waals surface area contributed by atoms with Gasteiger partial charge in [0.25, 0.3) is 0 Å². The van der Waals surface area contributed by atoms with E-state index >= 15 is 0 Å². The second-order valence-electron chi connectivity index (χ2n) is 9.03. The maximum absolute atomic E-state index is 5.78. The molecule has 34 heavy (non-hydrogen) atoms. The second kappa shape index (κ2) is 19.1. The molecule has 0 aliphatic rings. The SMILES string of the molecule is CCCCCCC/C=C\CCOc1cnc(-c2ccc(CCCCCCOCCC)cc2)nc1. The maximum atomic E-state index is 5.78. The summed E-state index contributed by atoms with van der Waals surface area (Å²) in [5.41, 5.74) is 2.42. The number of allylic oxidation sites excluding steroid dienone is 1. The molecule has 2 rings (SSSR count). The van der Waals surface area contributed by atoms with Crippen molar-refractivity contribution in [2.45, 2.75) is 97.3 Å². The fourth-order valence-electron chi connectivity index (χ4n) is 3.84. The van der Waals surface area contributed by atoms with Crippen LogP contribution in [0.2, 0.25) is 0 Å². The van der Waals surface area contributed by atoms with Gasteiger partial charge in [-0.2, -0.15) is 0 Å². The Balaban J connectivity index is 1.60. The van der Waals surface area contributed by atoms with Crippen LogP contribution >= 0.6 is 0 Å². The zero-order valence-electron chi connectivity index (χ0n) is 21.6. The molecule has 0 aliphatic carbocycles. The molecule has 0 fully saturated rings. The van der Waals surface area contributed by atoms with E-state index in [1.54, 1.807) is 12.4 Å². The lowest BCUT2D eigenvalue weighted by Gasteiger charge is -2.06. The summed E-state index contributed by atoms with van der Waals surface area (Å²) in [6.07, 6.45) is 24.0. The molecule has 0 amide bonds. The molecule has 0 saturated heterocycles. The van der Waals surface area contributed by atoms with Gasteiger partial charge in [-0.3, -0.25) is 0 Å². The Labute approximate surface area is 208 Å². The van der Waals surface area contributed by atoms with Crippen LogP contribution in [0.1, 0.15) is 96.5 Å². The first kappa shape index (κ1) is 28.0. The lowest BCUT2D eigenvalue weighted by Crippen LogP contribution is -1.98. The number of hydrogen-bond donors (Lipinski definition) is 0. The standard InChI is InChI=1S/C30H46N2O2/c1-3-5-6-7-8-9-10-12-16-24-34-29-25-31-30(32-26-29)28-20-18-27(19-21-28)17-14-11-13-15-23-33-22-4-2/h10,12,18-21,25-26H,3-9,11,13-17,22-24H2,1-2H3/b12-10-. The van der Waals surface area contributed by atoms with Crippen LogP contribution in [0, 0.1) is 0 Å². The van der Waals surface area contributed by atoms with Crippen molar-refractivity contribution in [2.24, 2.45) is 0 Å². The van der Waals surface area contributed by atoms with Crippen molar-refractivity contribution in [3.63, 3.8) is 0 Å². The van der Waals surface area contributed by atoms with Crippen molar-refractivity contribution < 1.29 is 9.47 Å². The Morgan fingerprint density at radius 3 is 2.15 bits per heavy atom. The zero-order valence-corrected chi connectivity index (χ0v) is 21.6. The van der Waals surface area contributed by atoms with Crippen LogP contribution in [-0.2, 0) is 11.2 Å². The second-order valence-corrected chi connectivity index (χ2v) is 9.03. The summed E-state index contributed by atoms with van der Waals surface area (Å²) in [5, 5.41) is 0. The quantitative estimate of drug-likeness (QED) is 0.145. The molecule has 0 unspecified atom stereocenters. The lowest BCUT2D eigenvalue weighted by atomic mass is 10.0. The first-order valence-electron chi connectivity index (χ1n) is 13.6. The van der Waals surface area contributed by atoms with Crippen molar-refractivity contribution in [3.05, 3.63) is 54.4 Å². The van der Waals surface area contributed by atoms with Crippen LogP contribution in [0.4, 0.5) is 0 Å². The highest BCUT2D eigenvalue weighted by molar-refractivity contribution is 5.55. The molecule has 1 aromatic carbocycles. The minimum absolute atomic E-state index is 0.662. The predicted molar refractivity (Wildman–Crippen MR) is 143 cm³/mol. The average Bonchev–Trinajstić information content (AvgIpc) is 2.87. The first-order chi connectivity index (χ1) is 16.8. The Morgan fingerprint density at radius 1 is 0.676 bits per heavy atom. The molecule has 188 valence electrons. The summed E-state index contributed by atoms with van der Waals surface area (Å²) in [6.45, 7) is 6.87. The predicted octanol–water partition coefficient (Wildman–Crippen LogP) is 8.36. The number of nitrogens with zero attached hydrogens (tertiary/aromatic N) is 2. The number of aryl methyl sites for hydroxylation is 1. The van der Waals surface area contributed by atoms with Crippen LogP contribution < -0.4 is 4.74 Å². The number of rotatable bonds is 20. The molecule has 0 aliphatic heterocycles. The van der Waals surface area contributed by atoms with Crippen molar-refractivity contribution in [2.75, 3.05) is 19.8 Å². The van der Waals surface area contributed by atoms with E-state index in [9.17, 15) is 0 Å². The summed E-state index contributed by atoms with van der Waals surface area (Å²) in [5.74, 6) is 1.47. The number of hydrogen-bond acceptors (Lipinski definition) is 4. The van der Waals surface area contributed by atoms with Gasteiger partial charge in [-0.1, -0.05) is 88.8 Å². The monoisotopic (exact) mass is 466 g/mol. The van der Waals surface area contributed by atoms with Gasteiger partial charge in [-0.05, 0) is 50.5 Å². The van der Waals surface area contributed by atoms with Gasteiger partial charge in [0.15, 0.2) is 11.6 Å². The van der Waals surface area contributed by atoms with Crippen LogP contribution in [-0.4, -0.2) is 29.8 Å². The Hall–Kier alpha value is -2.20. The van der Waals surface area contributed by atoms with E-state index < -0.39 is 0 Å². The fraction of sp³-hybridized carbons (Fsp3) is 0.600. The summed E-state index contributed by atoms with van der Waals surface area (Å²) in [6, 6.07) is 8.64. The Bertz CT molecular complexity index is 756. The number of benzene rings is 1. The molecule has 4 nitrogen and oxygen atoms in total. The molecule has 0 spiro atoms. The van der Waals surface area contributed by atoms with E-state index in [0.717, 1.165) is 49.6 Å². The third kappa shape index (κ3) is 12.9. The highest BCUT2D eigenvalue weighted by Crippen LogP contribution is 2.18. The first-order valence-corrected chi connectivity index (χ1v) is 13.6. The van der Waals surface area contributed by atoms with E-state index in [4.69, 9.17) is 9.47 Å². The van der Waals surface area contributed by atoms with Crippen molar-refractivity contribution in [1.82, 2.24) is 9.97 Å². The van der Waals surface area contributed by atoms with Gasteiger partial charge in [0, 0.05) is 18.8 Å². The molecular formula is C30H46N2O2. The molecule has 0 atom stereocenters. The molecule has 0 N–H and O–H groups in total. The van der Waals surface area contributed by atoms with Gasteiger partial charge >= 0.3 is 0 Å². The summed E-state index contributed by atoms with van der Waals surface area (Å²) >= 11 is 0. The van der Waals surface area contributed by atoms with E-state index in [1.165, 1.54) is 69.8 Å². The van der Waals surface area contributed by atoms with Gasteiger partial charge in [-0.25, -0.2) is 9.97 Å². The minimum atomic E-state index is 0.662. The third-order valence-electron chi connectivity index (χ3n) is 5.89. The maximum Gasteiger partial charge on any atom is 0.159 e. The van der Waals surface area contributed by atoms with Gasteiger partial charge in [-0.15, -0.1) is 0 Å². The molecule has 0 bridgehead atoms. The molecule has 0 radical (unpaired) electrons. The molecule has 0 saturated carbocycles. The average molecular weight is 467 g/mol. The summed E-state index contributed by atoms with van der Waals surface area (Å²) in [4.78, 5) is 8.99. The molecule has 1 heterocycles. The van der Waals surface area contributed by atoms with Gasteiger partial charge < -0.3 is 9.47 Å². The summed E-state index contributed by atoms with van der Waals surface area (Å²) < 4.78 is 11.3. The Kier molecular flexibility index (Phi) is 15.8. The summed E-state index contributed by atoms with van der Waals surface area (Å²) in [7, 11) is 0. The highest BCUT2D eigenvalue weighted by atomic mass is 16.5. The minimum Gasteiger partial charge on any atom is -0.490 e. The van der Waals surface area contributed by atoms with Crippen LogP contribution in [0.25, 0.3) is 11.4 Å². The molecule has 1 aromatic heterocycles. The Morgan fingerprint density at radius 2 is 1.38 bits per heavy atom. The van der Waals surface area contributed by atoms with Crippen molar-refractivity contribution >= 4 is 0 Å². The van der Waals surface area contributed by atoms with E-state index in [-0.39, 0.29) is 0 Å². The van der Waals surface area contributed by atoms with Gasteiger partial charge in [0.2, 0.25) is 0 Å². The molecular weight excluding hydrogens is 420 g/mol.